The third-order valence-electron chi connectivity index (χ3n) is 15.7. The van der Waals surface area contributed by atoms with E-state index < -0.39 is 5.97 Å². The first-order valence-electron chi connectivity index (χ1n) is 42.8. The number of esters is 1. The van der Waals surface area contributed by atoms with Crippen LogP contribution in [0, 0.1) is 0 Å². The number of hydrogen-bond donors (Lipinski definition) is 0. The van der Waals surface area contributed by atoms with Crippen LogP contribution < -0.4 is 0 Å². The molecule has 0 spiro atoms. The molecule has 0 heterocycles. The van der Waals surface area contributed by atoms with Crippen molar-refractivity contribution >= 4 is 5.97 Å². The minimum absolute atomic E-state index is 0.189. The second-order valence-electron chi connectivity index (χ2n) is 25.6. The van der Waals surface area contributed by atoms with E-state index in [-0.39, 0.29) is 6.61 Å². The maximum absolute atomic E-state index is 11.3. The minimum atomic E-state index is -0.420. The van der Waals surface area contributed by atoms with Crippen LogP contribution in [-0.4, -0.2) is 409 Å². The summed E-state index contributed by atoms with van der Waals surface area (Å²) < 4.78 is 171. The first-order valence-corrected chi connectivity index (χ1v) is 42.8. The van der Waals surface area contributed by atoms with Gasteiger partial charge >= 0.3 is 5.97 Å². The Kier molecular flexibility index (Phi) is 105. The maximum Gasteiger partial charge on any atom is 0.333 e. The van der Waals surface area contributed by atoms with Gasteiger partial charge in [-0.25, -0.2) is 4.79 Å². The van der Waals surface area contributed by atoms with Crippen molar-refractivity contribution in [2.75, 3.05) is 403 Å². The molecule has 0 aromatic carbocycles. The van der Waals surface area contributed by atoms with Gasteiger partial charge in [-0.1, -0.05) is 110 Å². The van der Waals surface area contributed by atoms with Gasteiger partial charge in [0.05, 0.1) is 390 Å². The van der Waals surface area contributed by atoms with Crippen molar-refractivity contribution in [1.82, 2.24) is 0 Å². The summed E-state index contributed by atoms with van der Waals surface area (Å²) in [5, 5.41) is 0. The second kappa shape index (κ2) is 107. The number of unbranched alkanes of at least 4 members (excludes halogenated alkanes) is 15. The van der Waals surface area contributed by atoms with Crippen LogP contribution in [0.3, 0.4) is 0 Å². The molecule has 0 aliphatic carbocycles. The third-order valence-corrected chi connectivity index (χ3v) is 15.7. The van der Waals surface area contributed by atoms with Gasteiger partial charge < -0.3 is 147 Å². The Morgan fingerprint density at radius 1 is 0.149 bits per heavy atom. The van der Waals surface area contributed by atoms with Gasteiger partial charge in [0, 0.05) is 12.2 Å². The lowest BCUT2D eigenvalue weighted by Gasteiger charge is -2.09. The Labute approximate surface area is 686 Å². The molecule has 0 aromatic rings. The summed E-state index contributed by atoms with van der Waals surface area (Å²) in [4.78, 5) is 11.3. The summed E-state index contributed by atoms with van der Waals surface area (Å²) in [7, 11) is 0. The van der Waals surface area contributed by atoms with E-state index in [1.165, 1.54) is 96.3 Å². The number of hydrogen-bond acceptors (Lipinski definition) is 32. The maximum atomic E-state index is 11.3. The van der Waals surface area contributed by atoms with Crippen LogP contribution in [0.15, 0.2) is 12.2 Å². The molecule has 0 unspecified atom stereocenters. The van der Waals surface area contributed by atoms with Gasteiger partial charge in [0.15, 0.2) is 0 Å². The molecule has 0 rings (SSSR count). The smallest absolute Gasteiger partial charge is 0.333 e. The van der Waals surface area contributed by atoms with Gasteiger partial charge in [-0.15, -0.1) is 0 Å². The number of carbonyl (C=O) groups is 1. The van der Waals surface area contributed by atoms with Crippen molar-refractivity contribution in [3.05, 3.63) is 12.2 Å². The van der Waals surface area contributed by atoms with Gasteiger partial charge in [-0.3, -0.25) is 0 Å². The lowest BCUT2D eigenvalue weighted by molar-refractivity contribution is -0.140. The average Bonchev–Trinajstić information content (AvgIpc) is 1.08. The zero-order valence-electron chi connectivity index (χ0n) is 71.2. The van der Waals surface area contributed by atoms with Crippen LogP contribution in [0.1, 0.15) is 117 Å². The van der Waals surface area contributed by atoms with Gasteiger partial charge in [0.25, 0.3) is 0 Å². The molecular formula is C82H162O32. The Morgan fingerprint density at radius 3 is 0.360 bits per heavy atom. The Bertz CT molecular complexity index is 1720. The van der Waals surface area contributed by atoms with Gasteiger partial charge in [-0.2, -0.15) is 0 Å². The van der Waals surface area contributed by atoms with Crippen LogP contribution in [0.5, 0.6) is 0 Å². The van der Waals surface area contributed by atoms with Crippen LogP contribution in [0.4, 0.5) is 0 Å². The van der Waals surface area contributed by atoms with E-state index in [1.54, 1.807) is 6.92 Å². The fraction of sp³-hybridized carbons (Fsp3) is 0.963. The molecule has 0 bridgehead atoms. The highest BCUT2D eigenvalue weighted by molar-refractivity contribution is 5.86. The third kappa shape index (κ3) is 106. The molecular weight excluding hydrogens is 1500 g/mol. The van der Waals surface area contributed by atoms with Gasteiger partial charge in [0.1, 0.15) is 6.61 Å². The monoisotopic (exact) mass is 1660 g/mol. The largest absolute Gasteiger partial charge is 0.460 e. The molecule has 32 nitrogen and oxygen atoms in total. The summed E-state index contributed by atoms with van der Waals surface area (Å²) in [6.07, 6.45) is 22.1. The van der Waals surface area contributed by atoms with E-state index in [1.807, 2.05) is 0 Å². The summed E-state index contributed by atoms with van der Waals surface area (Å²) in [5.41, 5.74) is 0.363. The van der Waals surface area contributed by atoms with E-state index in [0.717, 1.165) is 13.0 Å². The molecule has 0 aliphatic heterocycles. The second-order valence-corrected chi connectivity index (χ2v) is 25.6. The van der Waals surface area contributed by atoms with Crippen LogP contribution >= 0.6 is 0 Å². The number of carbonyl (C=O) groups excluding carboxylic acids is 1. The minimum Gasteiger partial charge on any atom is -0.460 e. The molecule has 0 aliphatic rings. The fourth-order valence-corrected chi connectivity index (χ4v) is 9.55. The summed E-state index contributed by atoms with van der Waals surface area (Å²) in [6.45, 7) is 37.0. The van der Waals surface area contributed by atoms with Crippen molar-refractivity contribution in [2.24, 2.45) is 0 Å². The van der Waals surface area contributed by atoms with E-state index in [2.05, 4.69) is 13.5 Å². The lowest BCUT2D eigenvalue weighted by atomic mass is 10.0. The first-order chi connectivity index (χ1) is 56.7. The lowest BCUT2D eigenvalue weighted by Crippen LogP contribution is -2.16. The SMILES string of the molecule is C=C(C)C(=O)OCCOCCOCCOCCOCCOCCOCCOCCOCCOCCOCCOCCOCCOCCOCCOCCOCCOCCOCCOCCOCCOCCOCCOCCOCCOCCOCCOCCOCCOCCOCCCCCCCCCCCCCCCCCC. The molecule has 0 radical (unpaired) electrons. The topological polar surface area (TPSA) is 303 Å². The fourth-order valence-electron chi connectivity index (χ4n) is 9.55. The molecule has 0 saturated carbocycles. The van der Waals surface area contributed by atoms with Crippen LogP contribution in [-0.2, 0) is 152 Å². The van der Waals surface area contributed by atoms with E-state index in [9.17, 15) is 4.79 Å². The number of rotatable bonds is 108. The predicted molar refractivity (Wildman–Crippen MR) is 430 cm³/mol. The quantitative estimate of drug-likeness (QED) is 0.0318. The molecule has 682 valence electrons. The Morgan fingerprint density at radius 2 is 0.246 bits per heavy atom. The van der Waals surface area contributed by atoms with Gasteiger partial charge in [-0.05, 0) is 13.3 Å². The average molecular weight is 1660 g/mol. The molecule has 0 fully saturated rings. The van der Waals surface area contributed by atoms with Gasteiger partial charge in [0.2, 0.25) is 0 Å². The van der Waals surface area contributed by atoms with E-state index >= 15 is 0 Å². The molecule has 0 amide bonds. The van der Waals surface area contributed by atoms with Crippen molar-refractivity contribution in [2.45, 2.75) is 117 Å². The Hall–Kier alpha value is -1.99. The summed E-state index contributed by atoms with van der Waals surface area (Å²) in [5.74, 6) is -0.420. The highest BCUT2D eigenvalue weighted by atomic mass is 16.6. The highest BCUT2D eigenvalue weighted by Crippen LogP contribution is 2.14. The van der Waals surface area contributed by atoms with Crippen molar-refractivity contribution in [1.29, 1.82) is 0 Å². The van der Waals surface area contributed by atoms with E-state index in [4.69, 9.17) is 147 Å². The zero-order chi connectivity index (χ0) is 81.5. The first kappa shape index (κ1) is 112. The van der Waals surface area contributed by atoms with Crippen LogP contribution in [0.2, 0.25) is 0 Å². The van der Waals surface area contributed by atoms with Crippen molar-refractivity contribution < 1.29 is 152 Å². The van der Waals surface area contributed by atoms with E-state index in [0.29, 0.717) is 395 Å². The highest BCUT2D eigenvalue weighted by Gasteiger charge is 2.06. The molecule has 0 aromatic heterocycles. The molecule has 0 atom stereocenters. The number of ether oxygens (including phenoxy) is 31. The summed E-state index contributed by atoms with van der Waals surface area (Å²) in [6, 6.07) is 0. The summed E-state index contributed by atoms with van der Waals surface area (Å²) >= 11 is 0. The van der Waals surface area contributed by atoms with Crippen molar-refractivity contribution in [3.63, 3.8) is 0 Å². The molecule has 32 heteroatoms. The zero-order valence-corrected chi connectivity index (χ0v) is 71.2. The predicted octanol–water partition coefficient (Wildman–Crippen LogP) is 7.87. The Balaban J connectivity index is 3.10. The van der Waals surface area contributed by atoms with Crippen LogP contribution in [0.25, 0.3) is 0 Å². The normalized spacial score (nSPS) is 11.7. The standard InChI is InChI=1S/C82H162O32/c1-4-5-6-7-8-9-10-11-12-13-14-15-16-17-18-19-20-84-21-22-85-23-24-86-25-26-87-27-28-88-29-30-89-31-32-90-33-34-91-35-36-92-37-38-93-39-40-94-41-42-95-43-44-96-45-46-97-47-48-98-49-50-99-51-52-100-53-54-101-55-56-102-57-58-103-59-60-104-61-62-105-63-64-106-65-66-107-67-68-108-69-70-109-71-72-110-73-74-111-75-76-112-77-78-113-79-80-114-82(83)81(2)3/h2,4-80H2,1,3H3. The van der Waals surface area contributed by atoms with Crippen molar-refractivity contribution in [3.8, 4) is 0 Å². The molecule has 0 saturated heterocycles. The molecule has 114 heavy (non-hydrogen) atoms. The molecule has 0 N–H and O–H groups in total.